The van der Waals surface area contributed by atoms with Gasteiger partial charge in [0.05, 0.1) is 5.25 Å². The first kappa shape index (κ1) is 16.5. The lowest BCUT2D eigenvalue weighted by Crippen LogP contribution is -2.23. The lowest BCUT2D eigenvalue weighted by atomic mass is 10.0. The fourth-order valence-corrected chi connectivity index (χ4v) is 3.30. The van der Waals surface area contributed by atoms with Crippen molar-refractivity contribution >= 4 is 29.0 Å². The molecule has 124 valence electrons. The topological polar surface area (TPSA) is 59.3 Å². The fraction of sp³-hybridized carbons (Fsp3) is 0.278. The highest BCUT2D eigenvalue weighted by Gasteiger charge is 2.19. The molecule has 0 radical (unpaired) electrons. The van der Waals surface area contributed by atoms with E-state index in [9.17, 15) is 4.79 Å². The van der Waals surface area contributed by atoms with E-state index in [1.54, 1.807) is 0 Å². The summed E-state index contributed by atoms with van der Waals surface area (Å²) in [4.78, 5) is 12.6. The Kier molecular flexibility index (Phi) is 4.85. The number of nitrogens with one attached hydrogen (secondary N) is 1. The normalized spacial score (nSPS) is 12.5. The van der Waals surface area contributed by atoms with Crippen LogP contribution >= 0.6 is 11.8 Å². The zero-order valence-corrected chi connectivity index (χ0v) is 14.7. The average molecular weight is 340 g/mol. The van der Waals surface area contributed by atoms with Gasteiger partial charge in [-0.25, -0.2) is 0 Å². The Bertz CT molecular complexity index is 859. The molecule has 0 saturated carbocycles. The minimum Gasteiger partial charge on any atom is -0.325 e. The van der Waals surface area contributed by atoms with E-state index in [1.807, 2.05) is 60.0 Å². The van der Waals surface area contributed by atoms with Crippen LogP contribution in [0.25, 0.3) is 5.65 Å². The van der Waals surface area contributed by atoms with E-state index in [0.29, 0.717) is 11.1 Å². The number of thioether (sulfide) groups is 1. The van der Waals surface area contributed by atoms with E-state index in [4.69, 9.17) is 0 Å². The Hall–Kier alpha value is -2.34. The van der Waals surface area contributed by atoms with E-state index in [2.05, 4.69) is 29.4 Å². The van der Waals surface area contributed by atoms with Crippen LogP contribution in [0.15, 0.2) is 53.8 Å². The van der Waals surface area contributed by atoms with Crippen LogP contribution in [0.2, 0.25) is 0 Å². The van der Waals surface area contributed by atoms with Crippen molar-refractivity contribution in [2.45, 2.75) is 37.1 Å². The Morgan fingerprint density at radius 1 is 1.08 bits per heavy atom. The Balaban J connectivity index is 1.74. The van der Waals surface area contributed by atoms with Crippen LogP contribution in [0, 0.1) is 0 Å². The number of anilines is 1. The molecule has 2 aromatic heterocycles. The number of fused-ring (bicyclic) bond motifs is 1. The number of pyridine rings is 1. The zero-order valence-electron chi connectivity index (χ0n) is 13.9. The minimum absolute atomic E-state index is 0.0409. The molecule has 0 saturated heterocycles. The van der Waals surface area contributed by atoms with Crippen molar-refractivity contribution in [3.63, 3.8) is 0 Å². The number of benzene rings is 1. The van der Waals surface area contributed by atoms with Gasteiger partial charge in [0.2, 0.25) is 5.91 Å². The molecule has 3 aromatic rings. The number of amides is 1. The summed E-state index contributed by atoms with van der Waals surface area (Å²) in [5.41, 5.74) is 2.78. The number of para-hydroxylation sites is 1. The van der Waals surface area contributed by atoms with Crippen molar-refractivity contribution < 1.29 is 4.79 Å². The first-order chi connectivity index (χ1) is 11.6. The van der Waals surface area contributed by atoms with Gasteiger partial charge in [-0.05, 0) is 36.6 Å². The molecule has 0 fully saturated rings. The van der Waals surface area contributed by atoms with Crippen molar-refractivity contribution in [1.29, 1.82) is 0 Å². The second-order valence-corrected chi connectivity index (χ2v) is 7.21. The van der Waals surface area contributed by atoms with Crippen molar-refractivity contribution in [2.24, 2.45) is 0 Å². The summed E-state index contributed by atoms with van der Waals surface area (Å²) in [7, 11) is 0. The first-order valence-electron chi connectivity index (χ1n) is 7.92. The average Bonchev–Trinajstić information content (AvgIpc) is 2.98. The maximum absolute atomic E-state index is 12.6. The molecule has 5 nitrogen and oxygen atoms in total. The highest BCUT2D eigenvalue weighted by molar-refractivity contribution is 8.00. The highest BCUT2D eigenvalue weighted by Crippen LogP contribution is 2.26. The molecule has 0 aliphatic carbocycles. The molecule has 6 heteroatoms. The SMILES string of the molecule is CC(Sc1nnc2ccccn12)C(=O)Nc1ccccc1C(C)C. The van der Waals surface area contributed by atoms with Gasteiger partial charge in [-0.3, -0.25) is 9.20 Å². The number of hydrogen-bond acceptors (Lipinski definition) is 4. The van der Waals surface area contributed by atoms with Crippen LogP contribution in [-0.4, -0.2) is 25.8 Å². The molecule has 1 amide bonds. The molecule has 2 heterocycles. The van der Waals surface area contributed by atoms with Gasteiger partial charge in [-0.15, -0.1) is 10.2 Å². The largest absolute Gasteiger partial charge is 0.325 e. The highest BCUT2D eigenvalue weighted by atomic mass is 32.2. The summed E-state index contributed by atoms with van der Waals surface area (Å²) in [6.07, 6.45) is 1.90. The van der Waals surface area contributed by atoms with Gasteiger partial charge in [-0.1, -0.05) is 49.9 Å². The van der Waals surface area contributed by atoms with E-state index >= 15 is 0 Å². The molecule has 0 aliphatic rings. The smallest absolute Gasteiger partial charge is 0.237 e. The first-order valence-corrected chi connectivity index (χ1v) is 8.80. The van der Waals surface area contributed by atoms with Gasteiger partial charge >= 0.3 is 0 Å². The van der Waals surface area contributed by atoms with Crippen molar-refractivity contribution in [2.75, 3.05) is 5.32 Å². The standard InChI is InChI=1S/C18H20N4OS/c1-12(2)14-8-4-5-9-15(14)19-17(23)13(3)24-18-21-20-16-10-6-7-11-22(16)18/h4-13H,1-3H3,(H,19,23). The molecule has 24 heavy (non-hydrogen) atoms. The number of carbonyl (C=O) groups is 1. The number of nitrogens with zero attached hydrogens (tertiary/aromatic N) is 3. The lowest BCUT2D eigenvalue weighted by molar-refractivity contribution is -0.115. The summed E-state index contributed by atoms with van der Waals surface area (Å²) >= 11 is 1.40. The quantitative estimate of drug-likeness (QED) is 0.714. The molecular formula is C18H20N4OS. The van der Waals surface area contributed by atoms with Crippen LogP contribution < -0.4 is 5.32 Å². The summed E-state index contributed by atoms with van der Waals surface area (Å²) in [6, 6.07) is 13.6. The number of carbonyl (C=O) groups excluding carboxylic acids is 1. The Morgan fingerprint density at radius 2 is 1.83 bits per heavy atom. The van der Waals surface area contributed by atoms with Crippen molar-refractivity contribution in [3.05, 3.63) is 54.2 Å². The van der Waals surface area contributed by atoms with E-state index in [1.165, 1.54) is 11.8 Å². The maximum atomic E-state index is 12.6. The van der Waals surface area contributed by atoms with Gasteiger partial charge in [0.15, 0.2) is 10.8 Å². The minimum atomic E-state index is -0.280. The van der Waals surface area contributed by atoms with Crippen LogP contribution in [0.4, 0.5) is 5.69 Å². The Morgan fingerprint density at radius 3 is 2.62 bits per heavy atom. The molecule has 1 aromatic carbocycles. The van der Waals surface area contributed by atoms with Gasteiger partial charge in [0.25, 0.3) is 0 Å². The lowest BCUT2D eigenvalue weighted by Gasteiger charge is -2.16. The summed E-state index contributed by atoms with van der Waals surface area (Å²) in [5, 5.41) is 11.7. The molecule has 0 spiro atoms. The van der Waals surface area contributed by atoms with Crippen molar-refractivity contribution in [3.8, 4) is 0 Å². The van der Waals surface area contributed by atoms with Gasteiger partial charge in [-0.2, -0.15) is 0 Å². The molecule has 1 N–H and O–H groups in total. The number of rotatable bonds is 5. The third-order valence-electron chi connectivity index (χ3n) is 3.77. The van der Waals surface area contributed by atoms with Crippen LogP contribution in [0.5, 0.6) is 0 Å². The van der Waals surface area contributed by atoms with Gasteiger partial charge < -0.3 is 5.32 Å². The second kappa shape index (κ2) is 7.05. The molecule has 3 rings (SSSR count). The third kappa shape index (κ3) is 3.43. The van der Waals surface area contributed by atoms with E-state index in [-0.39, 0.29) is 11.2 Å². The van der Waals surface area contributed by atoms with Crippen molar-refractivity contribution in [1.82, 2.24) is 14.6 Å². The van der Waals surface area contributed by atoms with Gasteiger partial charge in [0.1, 0.15) is 0 Å². The third-order valence-corrected chi connectivity index (χ3v) is 4.83. The molecular weight excluding hydrogens is 320 g/mol. The number of hydrogen-bond donors (Lipinski definition) is 1. The number of aromatic nitrogens is 3. The summed E-state index contributed by atoms with van der Waals surface area (Å²) in [5.74, 6) is 0.311. The second-order valence-electron chi connectivity index (χ2n) is 5.90. The van der Waals surface area contributed by atoms with Crippen LogP contribution in [-0.2, 0) is 4.79 Å². The van der Waals surface area contributed by atoms with Crippen LogP contribution in [0.1, 0.15) is 32.3 Å². The zero-order chi connectivity index (χ0) is 17.1. The summed E-state index contributed by atoms with van der Waals surface area (Å²) in [6.45, 7) is 6.11. The fourth-order valence-electron chi connectivity index (χ4n) is 2.46. The maximum Gasteiger partial charge on any atom is 0.237 e. The van der Waals surface area contributed by atoms with Crippen LogP contribution in [0.3, 0.4) is 0 Å². The molecule has 1 unspecified atom stereocenters. The van der Waals surface area contributed by atoms with E-state index < -0.39 is 0 Å². The molecule has 0 aliphatic heterocycles. The molecule has 0 bridgehead atoms. The summed E-state index contributed by atoms with van der Waals surface area (Å²) < 4.78 is 1.89. The van der Waals surface area contributed by atoms with Gasteiger partial charge in [0, 0.05) is 11.9 Å². The Labute approximate surface area is 145 Å². The van der Waals surface area contributed by atoms with E-state index in [0.717, 1.165) is 16.9 Å². The molecule has 1 atom stereocenters. The monoisotopic (exact) mass is 340 g/mol. The predicted octanol–water partition coefficient (Wildman–Crippen LogP) is 3.97. The predicted molar refractivity (Wildman–Crippen MR) is 97.5 cm³/mol.